The summed E-state index contributed by atoms with van der Waals surface area (Å²) in [5.74, 6) is 4.21. The maximum Gasteiger partial charge on any atom is 0.228 e. The van der Waals surface area contributed by atoms with Gasteiger partial charge in [-0.25, -0.2) is 0 Å². The van der Waals surface area contributed by atoms with Gasteiger partial charge in [-0.05, 0) is 139 Å². The topological polar surface area (TPSA) is 238 Å². The summed E-state index contributed by atoms with van der Waals surface area (Å²) in [6.45, 7) is 21.5. The molecule has 8 bridgehead atoms. The number of nitriles is 2. The summed E-state index contributed by atoms with van der Waals surface area (Å²) < 4.78 is 27.4. The molecule has 4 aromatic carbocycles. The van der Waals surface area contributed by atoms with E-state index in [0.29, 0.717) is 81.9 Å². The summed E-state index contributed by atoms with van der Waals surface area (Å²) in [5.41, 5.74) is 21.3. The number of rotatable bonds is 18. The number of nitrogen functional groups attached to an aromatic ring is 2. The van der Waals surface area contributed by atoms with E-state index in [1.54, 1.807) is 0 Å². The number of fused-ring (bicyclic) bond motifs is 8. The maximum atomic E-state index is 10.7. The molecular formula is C56H68N12O4. The first-order valence-corrected chi connectivity index (χ1v) is 25.2. The van der Waals surface area contributed by atoms with Crippen LogP contribution in [0.3, 0.4) is 0 Å². The molecule has 0 atom stereocenters. The van der Waals surface area contributed by atoms with Gasteiger partial charge in [-0.15, -0.1) is 0 Å². The summed E-state index contributed by atoms with van der Waals surface area (Å²) in [7, 11) is 0. The zero-order chi connectivity index (χ0) is 51.6. The Morgan fingerprint density at radius 2 is 0.736 bits per heavy atom. The van der Waals surface area contributed by atoms with E-state index in [2.05, 4.69) is 56.6 Å². The molecule has 0 aliphatic heterocycles. The Balaban J connectivity index is 1.59. The molecule has 16 nitrogen and oxygen atoms in total. The van der Waals surface area contributed by atoms with Gasteiger partial charge in [0.15, 0.2) is 11.6 Å². The fourth-order valence-corrected chi connectivity index (χ4v) is 8.78. The Labute approximate surface area is 424 Å². The van der Waals surface area contributed by atoms with Gasteiger partial charge in [0, 0.05) is 72.2 Å². The first-order chi connectivity index (χ1) is 34.5. The van der Waals surface area contributed by atoms with Gasteiger partial charge in [0.2, 0.25) is 23.8 Å². The van der Waals surface area contributed by atoms with Crippen molar-refractivity contribution in [1.82, 2.24) is 29.9 Å². The SMILES string of the molecule is CCCCNc1nc(N)nc(-c2cc3c(OC(C)C)c(c2)Cc2cc(C#N)cc(c2OC(C)C)Cc2cc(-c4nc(N)nc(NCCCC)n4)cc(c2OC(C)C)Cc2cc(C#N)cc(c2OC(C)C)C3)n1. The minimum atomic E-state index is -0.236. The van der Waals surface area contributed by atoms with Crippen molar-refractivity contribution in [3.05, 3.63) is 104 Å². The fourth-order valence-electron chi connectivity index (χ4n) is 8.78. The van der Waals surface area contributed by atoms with Crippen molar-refractivity contribution < 1.29 is 18.9 Å². The second-order valence-electron chi connectivity index (χ2n) is 19.3. The van der Waals surface area contributed by atoms with Gasteiger partial charge in [0.25, 0.3) is 0 Å². The molecule has 0 spiro atoms. The lowest BCUT2D eigenvalue weighted by atomic mass is 9.88. The quantitative estimate of drug-likeness (QED) is 0.0585. The molecule has 6 N–H and O–H groups in total. The Morgan fingerprint density at radius 1 is 0.458 bits per heavy atom. The van der Waals surface area contributed by atoms with Gasteiger partial charge in [0.05, 0.1) is 47.7 Å². The third kappa shape index (κ3) is 13.0. The number of unbranched alkanes of at least 4 members (excludes halogenated alkanes) is 2. The maximum absolute atomic E-state index is 10.7. The molecule has 0 amide bonds. The number of anilines is 4. The van der Waals surface area contributed by atoms with Crippen LogP contribution in [-0.2, 0) is 25.7 Å². The van der Waals surface area contributed by atoms with Crippen molar-refractivity contribution in [3.63, 3.8) is 0 Å². The van der Waals surface area contributed by atoms with Crippen LogP contribution in [0.25, 0.3) is 22.8 Å². The van der Waals surface area contributed by atoms with Crippen LogP contribution in [0.5, 0.6) is 23.0 Å². The van der Waals surface area contributed by atoms with Crippen molar-refractivity contribution in [3.8, 4) is 57.9 Å². The molecule has 16 heteroatoms. The zero-order valence-corrected chi connectivity index (χ0v) is 43.4. The van der Waals surface area contributed by atoms with Crippen LogP contribution in [0, 0.1) is 22.7 Å². The van der Waals surface area contributed by atoms with E-state index in [0.717, 1.165) is 70.2 Å². The summed E-state index contributed by atoms with van der Waals surface area (Å²) in [6.07, 6.45) is 4.04. The van der Waals surface area contributed by atoms with Gasteiger partial charge >= 0.3 is 0 Å². The highest BCUT2D eigenvalue weighted by Crippen LogP contribution is 2.43. The van der Waals surface area contributed by atoms with E-state index in [1.807, 2.05) is 104 Å². The molecule has 0 unspecified atom stereocenters. The van der Waals surface area contributed by atoms with Crippen LogP contribution in [0.2, 0.25) is 0 Å². The highest BCUT2D eigenvalue weighted by Gasteiger charge is 2.27. The normalized spacial score (nSPS) is 12.2. The second kappa shape index (κ2) is 23.5. The van der Waals surface area contributed by atoms with E-state index < -0.39 is 0 Å². The van der Waals surface area contributed by atoms with Crippen molar-refractivity contribution in [1.29, 1.82) is 10.5 Å². The highest BCUT2D eigenvalue weighted by molar-refractivity contribution is 5.69. The molecule has 2 aromatic heterocycles. The van der Waals surface area contributed by atoms with E-state index in [4.69, 9.17) is 40.4 Å². The predicted molar refractivity (Wildman–Crippen MR) is 283 cm³/mol. The largest absolute Gasteiger partial charge is 0.490 e. The minimum absolute atomic E-state index is 0.0762. The number of benzene rings is 4. The Hall–Kier alpha value is -7.72. The van der Waals surface area contributed by atoms with Gasteiger partial charge in [0.1, 0.15) is 23.0 Å². The van der Waals surface area contributed by atoms with Gasteiger partial charge in [-0.3, -0.25) is 0 Å². The third-order valence-electron chi connectivity index (χ3n) is 11.6. The standard InChI is InChI=1S/C56H68N12O4/c1-11-13-15-61-55-65-51(63-53(59)67-55)45-25-41-21-37-17-35(29-57)19-39(47(37)69-31(3)4)23-43-27-46(52-64-54(60)68-56(66-52)62-16-14-12-2)28-44(50(43)72-34(9)10)24-40-20-36(30-58)18-38(48(40)70-32(5)6)22-42(26-45)49(41)71-33(7)8/h17-20,25-28,31-34H,11-16,21-24H2,1-10H3,(H3,59,61,63,65,67)(H3,60,62,64,66,68). The summed E-state index contributed by atoms with van der Waals surface area (Å²) in [6, 6.07) is 20.5. The van der Waals surface area contributed by atoms with E-state index in [-0.39, 0.29) is 62.0 Å². The van der Waals surface area contributed by atoms with Gasteiger partial charge in [-0.2, -0.15) is 40.4 Å². The van der Waals surface area contributed by atoms with Crippen molar-refractivity contribution in [2.24, 2.45) is 0 Å². The second-order valence-corrected chi connectivity index (χ2v) is 19.3. The average molecular weight is 973 g/mol. The van der Waals surface area contributed by atoms with Crippen LogP contribution < -0.4 is 41.0 Å². The number of nitrogens with zero attached hydrogens (tertiary/aromatic N) is 8. The lowest BCUT2D eigenvalue weighted by Crippen LogP contribution is -2.16. The van der Waals surface area contributed by atoms with Crippen LogP contribution in [-0.4, -0.2) is 67.4 Å². The summed E-state index contributed by atoms with van der Waals surface area (Å²) in [4.78, 5) is 27.9. The first kappa shape index (κ1) is 52.1. The van der Waals surface area contributed by atoms with Crippen LogP contribution in [0.1, 0.15) is 151 Å². The number of hydrogen-bond acceptors (Lipinski definition) is 16. The van der Waals surface area contributed by atoms with E-state index in [9.17, 15) is 10.5 Å². The molecule has 0 radical (unpaired) electrons. The lowest BCUT2D eigenvalue weighted by Gasteiger charge is -2.26. The van der Waals surface area contributed by atoms with Crippen molar-refractivity contribution in [2.45, 2.75) is 145 Å². The highest BCUT2D eigenvalue weighted by atomic mass is 16.5. The molecule has 6 aromatic rings. The molecule has 1 aliphatic rings. The third-order valence-corrected chi connectivity index (χ3v) is 11.6. The zero-order valence-electron chi connectivity index (χ0n) is 43.4. The van der Waals surface area contributed by atoms with Crippen molar-refractivity contribution >= 4 is 23.8 Å². The molecule has 0 fully saturated rings. The van der Waals surface area contributed by atoms with Crippen LogP contribution in [0.15, 0.2) is 48.5 Å². The first-order valence-electron chi connectivity index (χ1n) is 25.2. The number of aromatic nitrogens is 6. The van der Waals surface area contributed by atoms with Gasteiger partial charge in [-0.1, -0.05) is 26.7 Å². The Bertz CT molecular complexity index is 2700. The fraction of sp³-hybridized carbons (Fsp3) is 0.429. The number of nitrogens with one attached hydrogen (secondary N) is 2. The minimum Gasteiger partial charge on any atom is -0.490 e. The number of hydrogen-bond donors (Lipinski definition) is 4. The Kier molecular flexibility index (Phi) is 17.0. The Morgan fingerprint density at radius 3 is 0.986 bits per heavy atom. The smallest absolute Gasteiger partial charge is 0.228 e. The molecule has 7 rings (SSSR count). The van der Waals surface area contributed by atoms with Crippen LogP contribution in [0.4, 0.5) is 23.8 Å². The van der Waals surface area contributed by atoms with E-state index in [1.165, 1.54) is 0 Å². The summed E-state index contributed by atoms with van der Waals surface area (Å²) >= 11 is 0. The molecule has 376 valence electrons. The average Bonchev–Trinajstić information content (AvgIpc) is 3.31. The lowest BCUT2D eigenvalue weighted by molar-refractivity contribution is 0.233. The number of nitrogens with two attached hydrogens (primary N) is 2. The number of ether oxygens (including phenoxy) is 4. The molecule has 0 saturated heterocycles. The molecule has 2 heterocycles. The molecule has 72 heavy (non-hydrogen) atoms. The molecule has 1 aliphatic carbocycles. The molecular weight excluding hydrogens is 905 g/mol. The molecule has 0 saturated carbocycles. The van der Waals surface area contributed by atoms with Gasteiger partial charge < -0.3 is 41.0 Å². The van der Waals surface area contributed by atoms with Crippen LogP contribution >= 0.6 is 0 Å². The monoisotopic (exact) mass is 973 g/mol. The van der Waals surface area contributed by atoms with E-state index >= 15 is 0 Å². The predicted octanol–water partition coefficient (Wildman–Crippen LogP) is 10.5. The summed E-state index contributed by atoms with van der Waals surface area (Å²) in [5, 5.41) is 28.1. The van der Waals surface area contributed by atoms with Crippen molar-refractivity contribution in [2.75, 3.05) is 35.2 Å².